The second kappa shape index (κ2) is 12.0. The van der Waals surface area contributed by atoms with E-state index in [0.29, 0.717) is 0 Å². The Kier molecular flexibility index (Phi) is 9.02. The molecule has 1 aromatic heterocycles. The first-order valence-corrected chi connectivity index (χ1v) is 11.3. The Bertz CT molecular complexity index is 600. The highest BCUT2D eigenvalue weighted by molar-refractivity contribution is 5.79. The predicted octanol–water partition coefficient (Wildman–Crippen LogP) is 1.76. The molecule has 0 unspecified atom stereocenters. The first kappa shape index (κ1) is 21.8. The summed E-state index contributed by atoms with van der Waals surface area (Å²) in [6.45, 7) is 9.72. The van der Waals surface area contributed by atoms with E-state index in [2.05, 4.69) is 54.5 Å². The molecule has 2 aliphatic heterocycles. The smallest absolute Gasteiger partial charge is 0.191 e. The van der Waals surface area contributed by atoms with E-state index in [1.807, 2.05) is 13.2 Å². The second-order valence-electron chi connectivity index (χ2n) is 8.28. The van der Waals surface area contributed by atoms with Gasteiger partial charge in [-0.3, -0.25) is 4.99 Å². The number of nitrogens with one attached hydrogen (secondary N) is 2. The van der Waals surface area contributed by atoms with Crippen molar-refractivity contribution in [2.45, 2.75) is 38.6 Å². The fourth-order valence-corrected chi connectivity index (χ4v) is 4.02. The number of guanidine groups is 1. The van der Waals surface area contributed by atoms with Crippen molar-refractivity contribution in [1.29, 1.82) is 0 Å². The molecule has 0 spiro atoms. The number of rotatable bonds is 7. The zero-order valence-electron chi connectivity index (χ0n) is 18.4. The van der Waals surface area contributed by atoms with Gasteiger partial charge in [-0.25, -0.2) is 4.98 Å². The minimum Gasteiger partial charge on any atom is -0.356 e. The number of aliphatic imine (C=N–C) groups is 1. The Morgan fingerprint density at radius 2 is 1.76 bits per heavy atom. The molecule has 3 heterocycles. The van der Waals surface area contributed by atoms with Crippen molar-refractivity contribution < 1.29 is 0 Å². The van der Waals surface area contributed by atoms with E-state index in [4.69, 9.17) is 0 Å². The third-order valence-electron chi connectivity index (χ3n) is 5.96. The molecule has 2 fully saturated rings. The topological polar surface area (TPSA) is 59.0 Å². The van der Waals surface area contributed by atoms with Gasteiger partial charge in [0.05, 0.1) is 0 Å². The monoisotopic (exact) mass is 401 g/mol. The van der Waals surface area contributed by atoms with Gasteiger partial charge in [-0.1, -0.05) is 18.9 Å². The molecule has 0 amide bonds. The summed E-state index contributed by atoms with van der Waals surface area (Å²) >= 11 is 0. The number of hydrogen-bond donors (Lipinski definition) is 2. The van der Waals surface area contributed by atoms with Gasteiger partial charge in [0.2, 0.25) is 0 Å². The maximum atomic E-state index is 4.67. The maximum absolute atomic E-state index is 4.67. The van der Waals surface area contributed by atoms with Gasteiger partial charge < -0.3 is 25.3 Å². The van der Waals surface area contributed by atoms with E-state index < -0.39 is 0 Å². The molecule has 2 aliphatic rings. The molecule has 2 N–H and O–H groups in total. The predicted molar refractivity (Wildman–Crippen MR) is 122 cm³/mol. The van der Waals surface area contributed by atoms with Crippen LogP contribution in [0.25, 0.3) is 0 Å². The molecule has 0 saturated carbocycles. The Morgan fingerprint density at radius 1 is 1.00 bits per heavy atom. The molecule has 0 radical (unpaired) electrons. The number of pyridine rings is 1. The van der Waals surface area contributed by atoms with Crippen molar-refractivity contribution >= 4 is 11.8 Å². The summed E-state index contributed by atoms with van der Waals surface area (Å²) in [4.78, 5) is 16.4. The van der Waals surface area contributed by atoms with Crippen molar-refractivity contribution in [2.75, 3.05) is 71.4 Å². The lowest BCUT2D eigenvalue weighted by Gasteiger charge is -2.33. The van der Waals surface area contributed by atoms with Crippen LogP contribution in [0.15, 0.2) is 23.3 Å². The van der Waals surface area contributed by atoms with Crippen molar-refractivity contribution in [1.82, 2.24) is 25.4 Å². The molecule has 7 heteroatoms. The van der Waals surface area contributed by atoms with E-state index in [1.165, 1.54) is 50.9 Å². The summed E-state index contributed by atoms with van der Waals surface area (Å²) in [5.41, 5.74) is 1.18. The van der Waals surface area contributed by atoms with Crippen LogP contribution in [0.1, 0.15) is 37.7 Å². The van der Waals surface area contributed by atoms with Crippen LogP contribution in [0.3, 0.4) is 0 Å². The molecule has 3 rings (SSSR count). The van der Waals surface area contributed by atoms with Crippen LogP contribution in [-0.4, -0.2) is 87.2 Å². The lowest BCUT2D eigenvalue weighted by molar-refractivity contribution is 0.282. The highest BCUT2D eigenvalue weighted by Crippen LogP contribution is 2.13. The van der Waals surface area contributed by atoms with Gasteiger partial charge in [0.1, 0.15) is 5.82 Å². The molecule has 0 atom stereocenters. The Labute approximate surface area is 176 Å². The number of piperazine rings is 1. The minimum absolute atomic E-state index is 0.738. The van der Waals surface area contributed by atoms with Crippen molar-refractivity contribution in [3.05, 3.63) is 23.9 Å². The maximum Gasteiger partial charge on any atom is 0.191 e. The largest absolute Gasteiger partial charge is 0.356 e. The third kappa shape index (κ3) is 7.48. The molecule has 162 valence electrons. The van der Waals surface area contributed by atoms with Gasteiger partial charge in [0, 0.05) is 52.5 Å². The van der Waals surface area contributed by atoms with Crippen LogP contribution in [0, 0.1) is 0 Å². The summed E-state index contributed by atoms with van der Waals surface area (Å²) in [6.07, 6.45) is 8.65. The molecule has 0 aromatic carbocycles. The molecule has 1 aromatic rings. The molecular weight excluding hydrogens is 362 g/mol. The zero-order valence-corrected chi connectivity index (χ0v) is 18.4. The zero-order chi connectivity index (χ0) is 20.3. The quantitative estimate of drug-likeness (QED) is 0.413. The standard InChI is InChI=1S/C22H39N7/c1-23-22(24-10-7-13-28-11-5-3-4-6-12-28)26-19-20-8-9-21(25-18-20)29-16-14-27(2)15-17-29/h8-9,18H,3-7,10-17,19H2,1-2H3,(H2,23,24,26). The molecular formula is C22H39N7. The summed E-state index contributed by atoms with van der Waals surface area (Å²) < 4.78 is 0. The first-order valence-electron chi connectivity index (χ1n) is 11.3. The van der Waals surface area contributed by atoms with Crippen LogP contribution in [0.2, 0.25) is 0 Å². The summed E-state index contributed by atoms with van der Waals surface area (Å²) in [5.74, 6) is 1.95. The van der Waals surface area contributed by atoms with Gasteiger partial charge in [0.15, 0.2) is 5.96 Å². The summed E-state index contributed by atoms with van der Waals surface area (Å²) in [7, 11) is 4.01. The van der Waals surface area contributed by atoms with E-state index in [9.17, 15) is 0 Å². The number of likely N-dealkylation sites (N-methyl/N-ethyl adjacent to an activating group) is 1. The van der Waals surface area contributed by atoms with Crippen molar-refractivity contribution in [3.8, 4) is 0 Å². The average molecular weight is 402 g/mol. The highest BCUT2D eigenvalue weighted by atomic mass is 15.3. The van der Waals surface area contributed by atoms with Gasteiger partial charge in [-0.05, 0) is 57.6 Å². The van der Waals surface area contributed by atoms with Gasteiger partial charge >= 0.3 is 0 Å². The van der Waals surface area contributed by atoms with Crippen LogP contribution < -0.4 is 15.5 Å². The SMILES string of the molecule is CN=C(NCCCN1CCCCCC1)NCc1ccc(N2CCN(C)CC2)nc1. The normalized spacial score (nSPS) is 19.8. The Balaban J connectivity index is 1.34. The Hall–Kier alpha value is -1.86. The summed E-state index contributed by atoms with van der Waals surface area (Å²) in [5, 5.41) is 6.84. The number of anilines is 1. The summed E-state index contributed by atoms with van der Waals surface area (Å²) in [6, 6.07) is 4.31. The lowest BCUT2D eigenvalue weighted by atomic mass is 10.2. The number of likely N-dealkylation sites (tertiary alicyclic amines) is 1. The number of aromatic nitrogens is 1. The molecule has 29 heavy (non-hydrogen) atoms. The van der Waals surface area contributed by atoms with E-state index in [1.54, 1.807) is 0 Å². The molecule has 0 aliphatic carbocycles. The third-order valence-corrected chi connectivity index (χ3v) is 5.96. The highest BCUT2D eigenvalue weighted by Gasteiger charge is 2.15. The molecule has 7 nitrogen and oxygen atoms in total. The van der Waals surface area contributed by atoms with Gasteiger partial charge in [0.25, 0.3) is 0 Å². The number of hydrogen-bond acceptors (Lipinski definition) is 5. The fourth-order valence-electron chi connectivity index (χ4n) is 4.02. The minimum atomic E-state index is 0.738. The Morgan fingerprint density at radius 3 is 2.41 bits per heavy atom. The van der Waals surface area contributed by atoms with Crippen molar-refractivity contribution in [2.24, 2.45) is 4.99 Å². The average Bonchev–Trinajstić information content (AvgIpc) is 3.03. The van der Waals surface area contributed by atoms with Gasteiger partial charge in [-0.15, -0.1) is 0 Å². The van der Waals surface area contributed by atoms with Crippen LogP contribution >= 0.6 is 0 Å². The van der Waals surface area contributed by atoms with E-state index in [0.717, 1.165) is 57.5 Å². The molecule has 0 bridgehead atoms. The van der Waals surface area contributed by atoms with Crippen LogP contribution in [0.4, 0.5) is 5.82 Å². The first-order chi connectivity index (χ1) is 14.2. The van der Waals surface area contributed by atoms with E-state index >= 15 is 0 Å². The van der Waals surface area contributed by atoms with Crippen LogP contribution in [-0.2, 0) is 6.54 Å². The van der Waals surface area contributed by atoms with Crippen molar-refractivity contribution in [3.63, 3.8) is 0 Å². The lowest BCUT2D eigenvalue weighted by Crippen LogP contribution is -2.44. The fraction of sp³-hybridized carbons (Fsp3) is 0.727. The molecule has 2 saturated heterocycles. The second-order valence-corrected chi connectivity index (χ2v) is 8.28. The number of nitrogens with zero attached hydrogens (tertiary/aromatic N) is 5. The van der Waals surface area contributed by atoms with E-state index in [-0.39, 0.29) is 0 Å². The van der Waals surface area contributed by atoms with Crippen LogP contribution in [0.5, 0.6) is 0 Å². The van der Waals surface area contributed by atoms with Gasteiger partial charge in [-0.2, -0.15) is 0 Å².